The Morgan fingerprint density at radius 3 is 3.00 bits per heavy atom. The quantitative estimate of drug-likeness (QED) is 0.812. The molecule has 2 N–H and O–H groups in total. The summed E-state index contributed by atoms with van der Waals surface area (Å²) in [4.78, 5) is 13.9. The van der Waals surface area contributed by atoms with Crippen LogP contribution in [0.15, 0.2) is 18.2 Å². The molecule has 0 saturated carbocycles. The van der Waals surface area contributed by atoms with Gasteiger partial charge in [-0.15, -0.1) is 0 Å². The number of carbonyl (C=O) groups is 1. The number of carbonyl (C=O) groups excluding carboxylic acids is 1. The van der Waals surface area contributed by atoms with E-state index in [4.69, 9.17) is 0 Å². The number of rotatable bonds is 2. The van der Waals surface area contributed by atoms with E-state index in [1.807, 2.05) is 6.92 Å². The summed E-state index contributed by atoms with van der Waals surface area (Å²) in [6.45, 7) is 2.51. The Hall–Kier alpha value is -1.55. The minimum atomic E-state index is -0.192. The third-order valence-corrected chi connectivity index (χ3v) is 3.23. The zero-order valence-electron chi connectivity index (χ0n) is 9.89. The maximum atomic E-state index is 12.2. The number of aryl methyl sites for hydroxylation is 1. The molecule has 2 rings (SSSR count). The SMILES string of the molecule is Cc1ccc(O)c(C(=O)N2CCC[C@H]2CO)c1. The van der Waals surface area contributed by atoms with Crippen LogP contribution in [0, 0.1) is 6.92 Å². The number of amides is 1. The first-order valence-corrected chi connectivity index (χ1v) is 5.85. The first-order chi connectivity index (χ1) is 8.13. The third-order valence-electron chi connectivity index (χ3n) is 3.23. The van der Waals surface area contributed by atoms with E-state index in [1.165, 1.54) is 6.07 Å². The van der Waals surface area contributed by atoms with Crippen LogP contribution in [0.4, 0.5) is 0 Å². The van der Waals surface area contributed by atoms with Crippen LogP contribution < -0.4 is 0 Å². The Labute approximate surface area is 100 Å². The number of likely N-dealkylation sites (tertiary alicyclic amines) is 1. The van der Waals surface area contributed by atoms with Gasteiger partial charge in [0, 0.05) is 6.54 Å². The normalized spacial score (nSPS) is 19.6. The van der Waals surface area contributed by atoms with Crippen molar-refractivity contribution in [2.75, 3.05) is 13.2 Å². The molecule has 4 nitrogen and oxygen atoms in total. The lowest BCUT2D eigenvalue weighted by Gasteiger charge is -2.23. The van der Waals surface area contributed by atoms with Crippen molar-refractivity contribution in [2.45, 2.75) is 25.8 Å². The van der Waals surface area contributed by atoms with Gasteiger partial charge in [0.15, 0.2) is 0 Å². The Morgan fingerprint density at radius 1 is 1.53 bits per heavy atom. The predicted octanol–water partition coefficient (Wildman–Crippen LogP) is 1.30. The van der Waals surface area contributed by atoms with Crippen molar-refractivity contribution in [3.05, 3.63) is 29.3 Å². The summed E-state index contributed by atoms with van der Waals surface area (Å²) in [5.41, 5.74) is 1.26. The molecular formula is C13H17NO3. The third kappa shape index (κ3) is 2.26. The highest BCUT2D eigenvalue weighted by Gasteiger charge is 2.29. The van der Waals surface area contributed by atoms with Crippen LogP contribution in [-0.2, 0) is 0 Å². The molecule has 1 aromatic rings. The van der Waals surface area contributed by atoms with Gasteiger partial charge in [0.05, 0.1) is 18.2 Å². The molecule has 0 bridgehead atoms. The molecule has 1 amide bonds. The van der Waals surface area contributed by atoms with Gasteiger partial charge in [0.25, 0.3) is 5.91 Å². The standard InChI is InChI=1S/C13H17NO3/c1-9-4-5-12(16)11(7-9)13(17)14-6-2-3-10(14)8-15/h4-5,7,10,15-16H,2-3,6,8H2,1H3/t10-/m0/s1. The molecular weight excluding hydrogens is 218 g/mol. The molecule has 1 aromatic carbocycles. The number of aromatic hydroxyl groups is 1. The Bertz CT molecular complexity index is 431. The van der Waals surface area contributed by atoms with Crippen molar-refractivity contribution in [1.29, 1.82) is 0 Å². The fourth-order valence-electron chi connectivity index (χ4n) is 2.27. The van der Waals surface area contributed by atoms with E-state index in [1.54, 1.807) is 17.0 Å². The van der Waals surface area contributed by atoms with E-state index < -0.39 is 0 Å². The van der Waals surface area contributed by atoms with Crippen LogP contribution in [-0.4, -0.2) is 40.2 Å². The van der Waals surface area contributed by atoms with Gasteiger partial charge >= 0.3 is 0 Å². The van der Waals surface area contributed by atoms with Gasteiger partial charge in [-0.2, -0.15) is 0 Å². The van der Waals surface area contributed by atoms with E-state index in [0.29, 0.717) is 12.1 Å². The number of benzene rings is 1. The number of aliphatic hydroxyl groups is 1. The van der Waals surface area contributed by atoms with Crippen LogP contribution in [0.2, 0.25) is 0 Å². The van der Waals surface area contributed by atoms with E-state index in [0.717, 1.165) is 18.4 Å². The number of nitrogens with zero attached hydrogens (tertiary/aromatic N) is 1. The highest BCUT2D eigenvalue weighted by Crippen LogP contribution is 2.25. The van der Waals surface area contributed by atoms with Gasteiger partial charge in [0.1, 0.15) is 5.75 Å². The summed E-state index contributed by atoms with van der Waals surface area (Å²) in [5.74, 6) is -0.188. The lowest BCUT2D eigenvalue weighted by molar-refractivity contribution is 0.0674. The minimum absolute atomic E-state index is 0.00388. The van der Waals surface area contributed by atoms with Crippen molar-refractivity contribution in [3.63, 3.8) is 0 Å². The molecule has 92 valence electrons. The maximum Gasteiger partial charge on any atom is 0.257 e. The fourth-order valence-corrected chi connectivity index (χ4v) is 2.27. The fraction of sp³-hybridized carbons (Fsp3) is 0.462. The summed E-state index contributed by atoms with van der Waals surface area (Å²) in [6.07, 6.45) is 1.73. The van der Waals surface area contributed by atoms with E-state index in [-0.39, 0.29) is 24.3 Å². The molecule has 1 fully saturated rings. The monoisotopic (exact) mass is 235 g/mol. The van der Waals surface area contributed by atoms with Gasteiger partial charge in [-0.1, -0.05) is 11.6 Å². The zero-order chi connectivity index (χ0) is 12.4. The molecule has 1 aliphatic heterocycles. The lowest BCUT2D eigenvalue weighted by Crippen LogP contribution is -2.37. The van der Waals surface area contributed by atoms with Crippen molar-refractivity contribution in [1.82, 2.24) is 4.90 Å². The predicted molar refractivity (Wildman–Crippen MR) is 64.0 cm³/mol. The number of phenolic OH excluding ortho intramolecular Hbond substituents is 1. The second-order valence-electron chi connectivity index (χ2n) is 4.50. The van der Waals surface area contributed by atoms with Crippen molar-refractivity contribution < 1.29 is 15.0 Å². The van der Waals surface area contributed by atoms with Gasteiger partial charge in [-0.05, 0) is 31.9 Å². The lowest BCUT2D eigenvalue weighted by atomic mass is 10.1. The first kappa shape index (κ1) is 11.9. The minimum Gasteiger partial charge on any atom is -0.507 e. The molecule has 17 heavy (non-hydrogen) atoms. The Kier molecular flexibility index (Phi) is 3.33. The van der Waals surface area contributed by atoms with Crippen LogP contribution in [0.25, 0.3) is 0 Å². The van der Waals surface area contributed by atoms with Crippen LogP contribution >= 0.6 is 0 Å². The van der Waals surface area contributed by atoms with Crippen molar-refractivity contribution >= 4 is 5.91 Å². The van der Waals surface area contributed by atoms with E-state index in [2.05, 4.69) is 0 Å². The van der Waals surface area contributed by atoms with Gasteiger partial charge in [-0.3, -0.25) is 4.79 Å². The topological polar surface area (TPSA) is 60.8 Å². The molecule has 0 unspecified atom stereocenters. The van der Waals surface area contributed by atoms with E-state index in [9.17, 15) is 15.0 Å². The molecule has 0 radical (unpaired) electrons. The average Bonchev–Trinajstić information content (AvgIpc) is 2.79. The second-order valence-corrected chi connectivity index (χ2v) is 4.50. The Morgan fingerprint density at radius 2 is 2.29 bits per heavy atom. The summed E-state index contributed by atoms with van der Waals surface area (Å²) < 4.78 is 0. The summed E-state index contributed by atoms with van der Waals surface area (Å²) in [7, 11) is 0. The van der Waals surface area contributed by atoms with Crippen LogP contribution in [0.5, 0.6) is 5.75 Å². The van der Waals surface area contributed by atoms with Gasteiger partial charge in [0.2, 0.25) is 0 Å². The van der Waals surface area contributed by atoms with Crippen molar-refractivity contribution in [3.8, 4) is 5.75 Å². The number of phenols is 1. The largest absolute Gasteiger partial charge is 0.507 e. The molecule has 1 aliphatic rings. The highest BCUT2D eigenvalue weighted by atomic mass is 16.3. The molecule has 1 atom stereocenters. The molecule has 4 heteroatoms. The number of hydrogen-bond acceptors (Lipinski definition) is 3. The summed E-state index contributed by atoms with van der Waals surface area (Å²) in [5, 5.41) is 18.9. The summed E-state index contributed by atoms with van der Waals surface area (Å²) in [6, 6.07) is 4.87. The maximum absolute atomic E-state index is 12.2. The molecule has 1 saturated heterocycles. The molecule has 0 spiro atoms. The zero-order valence-corrected chi connectivity index (χ0v) is 9.89. The van der Waals surface area contributed by atoms with Gasteiger partial charge < -0.3 is 15.1 Å². The van der Waals surface area contributed by atoms with Crippen LogP contribution in [0.1, 0.15) is 28.8 Å². The number of hydrogen-bond donors (Lipinski definition) is 2. The second kappa shape index (κ2) is 4.75. The molecule has 1 heterocycles. The molecule has 0 aliphatic carbocycles. The number of aliphatic hydroxyl groups excluding tert-OH is 1. The van der Waals surface area contributed by atoms with Crippen molar-refractivity contribution in [2.24, 2.45) is 0 Å². The van der Waals surface area contributed by atoms with Crippen LogP contribution in [0.3, 0.4) is 0 Å². The van der Waals surface area contributed by atoms with E-state index >= 15 is 0 Å². The van der Waals surface area contributed by atoms with Gasteiger partial charge in [-0.25, -0.2) is 0 Å². The Balaban J connectivity index is 2.27. The molecule has 0 aromatic heterocycles. The highest BCUT2D eigenvalue weighted by molar-refractivity contribution is 5.97. The average molecular weight is 235 g/mol. The first-order valence-electron chi connectivity index (χ1n) is 5.85. The smallest absolute Gasteiger partial charge is 0.257 e. The summed E-state index contributed by atoms with van der Waals surface area (Å²) >= 11 is 0.